The van der Waals surface area contributed by atoms with Crippen LogP contribution in [0.25, 0.3) is 5.65 Å². The van der Waals surface area contributed by atoms with Gasteiger partial charge in [-0.25, -0.2) is 4.98 Å². The second-order valence-electron chi connectivity index (χ2n) is 5.86. The standard InChI is InChI=1S/C17H18N6O/c1-13-19-20-16-12-14(5-7-23(13)16)17(24)22-10-8-21(9-11-22)15-4-2-3-6-18-15/h2-7,12H,8-11H2,1H3. The van der Waals surface area contributed by atoms with Crippen molar-refractivity contribution in [3.63, 3.8) is 0 Å². The van der Waals surface area contributed by atoms with Gasteiger partial charge in [0.25, 0.3) is 5.91 Å². The summed E-state index contributed by atoms with van der Waals surface area (Å²) in [6, 6.07) is 9.52. The summed E-state index contributed by atoms with van der Waals surface area (Å²) in [5, 5.41) is 8.11. The van der Waals surface area contributed by atoms with E-state index in [0.717, 1.165) is 24.7 Å². The minimum absolute atomic E-state index is 0.0406. The molecule has 1 aliphatic heterocycles. The molecule has 1 saturated heterocycles. The van der Waals surface area contributed by atoms with Crippen LogP contribution < -0.4 is 4.90 Å². The van der Waals surface area contributed by atoms with E-state index in [4.69, 9.17) is 0 Å². The molecule has 0 aliphatic carbocycles. The smallest absolute Gasteiger partial charge is 0.254 e. The summed E-state index contributed by atoms with van der Waals surface area (Å²) in [5.41, 5.74) is 1.35. The highest BCUT2D eigenvalue weighted by Crippen LogP contribution is 2.15. The summed E-state index contributed by atoms with van der Waals surface area (Å²) >= 11 is 0. The van der Waals surface area contributed by atoms with Crippen molar-refractivity contribution in [2.45, 2.75) is 6.92 Å². The number of carbonyl (C=O) groups is 1. The fourth-order valence-electron chi connectivity index (χ4n) is 3.01. The second-order valence-corrected chi connectivity index (χ2v) is 5.86. The Morgan fingerprint density at radius 3 is 2.67 bits per heavy atom. The predicted octanol–water partition coefficient (Wildman–Crippen LogP) is 1.40. The van der Waals surface area contributed by atoms with Gasteiger partial charge in [0.1, 0.15) is 11.6 Å². The van der Waals surface area contributed by atoms with Crippen LogP contribution in [0.5, 0.6) is 0 Å². The molecule has 7 heteroatoms. The SMILES string of the molecule is Cc1nnc2cc(C(=O)N3CCN(c4ccccn4)CC3)ccn12. The van der Waals surface area contributed by atoms with E-state index in [-0.39, 0.29) is 5.91 Å². The van der Waals surface area contributed by atoms with Crippen molar-refractivity contribution < 1.29 is 4.79 Å². The van der Waals surface area contributed by atoms with Gasteiger partial charge in [0.2, 0.25) is 0 Å². The van der Waals surface area contributed by atoms with Crippen LogP contribution in [0.15, 0.2) is 42.7 Å². The topological polar surface area (TPSA) is 66.6 Å². The zero-order valence-electron chi connectivity index (χ0n) is 13.5. The van der Waals surface area contributed by atoms with E-state index in [9.17, 15) is 4.79 Å². The predicted molar refractivity (Wildman–Crippen MR) is 90.1 cm³/mol. The number of amides is 1. The zero-order chi connectivity index (χ0) is 16.5. The van der Waals surface area contributed by atoms with Gasteiger partial charge in [0.05, 0.1) is 0 Å². The van der Waals surface area contributed by atoms with E-state index in [2.05, 4.69) is 20.1 Å². The van der Waals surface area contributed by atoms with Crippen LogP contribution in [0.1, 0.15) is 16.2 Å². The number of hydrogen-bond donors (Lipinski definition) is 0. The molecule has 1 amide bonds. The van der Waals surface area contributed by atoms with Crippen molar-refractivity contribution in [3.05, 3.63) is 54.1 Å². The molecule has 24 heavy (non-hydrogen) atoms. The number of hydrogen-bond acceptors (Lipinski definition) is 5. The van der Waals surface area contributed by atoms with Crippen molar-refractivity contribution in [2.24, 2.45) is 0 Å². The molecular formula is C17H18N6O. The van der Waals surface area contributed by atoms with E-state index in [1.54, 1.807) is 12.3 Å². The first-order valence-electron chi connectivity index (χ1n) is 7.99. The summed E-state index contributed by atoms with van der Waals surface area (Å²) in [6.45, 7) is 4.83. The molecule has 4 heterocycles. The quantitative estimate of drug-likeness (QED) is 0.713. The number of pyridine rings is 2. The van der Waals surface area contributed by atoms with Crippen LogP contribution in [0.3, 0.4) is 0 Å². The molecule has 3 aromatic rings. The second kappa shape index (κ2) is 5.92. The van der Waals surface area contributed by atoms with Gasteiger partial charge in [-0.3, -0.25) is 9.20 Å². The average molecular weight is 322 g/mol. The molecule has 3 aromatic heterocycles. The monoisotopic (exact) mass is 322 g/mol. The maximum atomic E-state index is 12.7. The van der Waals surface area contributed by atoms with Gasteiger partial charge in [-0.2, -0.15) is 0 Å². The average Bonchev–Trinajstić information content (AvgIpc) is 3.02. The Hall–Kier alpha value is -2.96. The summed E-state index contributed by atoms with van der Waals surface area (Å²) < 4.78 is 1.87. The first kappa shape index (κ1) is 14.6. The first-order valence-corrected chi connectivity index (χ1v) is 7.99. The number of aromatic nitrogens is 4. The lowest BCUT2D eigenvalue weighted by molar-refractivity contribution is 0.0746. The number of nitrogens with zero attached hydrogens (tertiary/aromatic N) is 6. The molecule has 0 unspecified atom stereocenters. The molecule has 1 aliphatic rings. The number of fused-ring (bicyclic) bond motifs is 1. The molecule has 0 bridgehead atoms. The van der Waals surface area contributed by atoms with Crippen LogP contribution in [-0.4, -0.2) is 56.6 Å². The number of carbonyl (C=O) groups excluding carboxylic acids is 1. The highest BCUT2D eigenvalue weighted by atomic mass is 16.2. The van der Waals surface area contributed by atoms with Crippen molar-refractivity contribution in [2.75, 3.05) is 31.1 Å². The van der Waals surface area contributed by atoms with Crippen LogP contribution in [0.4, 0.5) is 5.82 Å². The van der Waals surface area contributed by atoms with Crippen LogP contribution in [0.2, 0.25) is 0 Å². The van der Waals surface area contributed by atoms with Gasteiger partial charge in [0, 0.05) is 44.1 Å². The Labute approximate surface area is 139 Å². The minimum atomic E-state index is 0.0406. The maximum absolute atomic E-state index is 12.7. The molecule has 7 nitrogen and oxygen atoms in total. The van der Waals surface area contributed by atoms with Gasteiger partial charge in [-0.1, -0.05) is 6.07 Å². The van der Waals surface area contributed by atoms with E-state index in [1.165, 1.54) is 0 Å². The molecule has 0 radical (unpaired) electrons. The Bertz CT molecular complexity index is 867. The van der Waals surface area contributed by atoms with Crippen molar-refractivity contribution in [1.82, 2.24) is 24.5 Å². The molecule has 4 rings (SSSR count). The Morgan fingerprint density at radius 1 is 1.08 bits per heavy atom. The van der Waals surface area contributed by atoms with E-state index >= 15 is 0 Å². The van der Waals surface area contributed by atoms with Crippen LogP contribution in [-0.2, 0) is 0 Å². The fraction of sp³-hybridized carbons (Fsp3) is 0.294. The van der Waals surface area contributed by atoms with Crippen LogP contribution >= 0.6 is 0 Å². The van der Waals surface area contributed by atoms with Crippen molar-refractivity contribution >= 4 is 17.4 Å². The zero-order valence-corrected chi connectivity index (χ0v) is 13.5. The molecule has 0 aromatic carbocycles. The van der Waals surface area contributed by atoms with Gasteiger partial charge in [0.15, 0.2) is 5.65 Å². The van der Waals surface area contributed by atoms with E-state index in [1.807, 2.05) is 46.7 Å². The third-order valence-electron chi connectivity index (χ3n) is 4.37. The molecule has 122 valence electrons. The highest BCUT2D eigenvalue weighted by molar-refractivity contribution is 5.95. The van der Waals surface area contributed by atoms with E-state index in [0.29, 0.717) is 24.3 Å². The molecule has 0 atom stereocenters. The highest BCUT2D eigenvalue weighted by Gasteiger charge is 2.23. The first-order chi connectivity index (χ1) is 11.7. The Kier molecular flexibility index (Phi) is 3.60. The van der Waals surface area contributed by atoms with Gasteiger partial charge >= 0.3 is 0 Å². The number of piperazine rings is 1. The Balaban J connectivity index is 1.47. The lowest BCUT2D eigenvalue weighted by atomic mass is 10.2. The molecule has 1 fully saturated rings. The summed E-state index contributed by atoms with van der Waals surface area (Å²) in [6.07, 6.45) is 3.64. The molecule has 0 spiro atoms. The molecular weight excluding hydrogens is 304 g/mol. The van der Waals surface area contributed by atoms with Crippen molar-refractivity contribution in [1.29, 1.82) is 0 Å². The fourth-order valence-corrected chi connectivity index (χ4v) is 3.01. The number of aryl methyl sites for hydroxylation is 1. The largest absolute Gasteiger partial charge is 0.353 e. The summed E-state index contributed by atoms with van der Waals surface area (Å²) in [7, 11) is 0. The normalized spacial score (nSPS) is 15.0. The third kappa shape index (κ3) is 2.58. The lowest BCUT2D eigenvalue weighted by Crippen LogP contribution is -2.49. The van der Waals surface area contributed by atoms with Crippen LogP contribution in [0, 0.1) is 6.92 Å². The van der Waals surface area contributed by atoms with Gasteiger partial charge in [-0.15, -0.1) is 10.2 Å². The van der Waals surface area contributed by atoms with E-state index < -0.39 is 0 Å². The van der Waals surface area contributed by atoms with Crippen molar-refractivity contribution in [3.8, 4) is 0 Å². The molecule has 0 N–H and O–H groups in total. The lowest BCUT2D eigenvalue weighted by Gasteiger charge is -2.35. The van der Waals surface area contributed by atoms with Gasteiger partial charge in [-0.05, 0) is 31.2 Å². The third-order valence-corrected chi connectivity index (χ3v) is 4.37. The summed E-state index contributed by atoms with van der Waals surface area (Å²) in [5.74, 6) is 1.82. The Morgan fingerprint density at radius 2 is 1.92 bits per heavy atom. The van der Waals surface area contributed by atoms with Gasteiger partial charge < -0.3 is 9.80 Å². The molecule has 0 saturated carbocycles. The maximum Gasteiger partial charge on any atom is 0.254 e. The summed E-state index contributed by atoms with van der Waals surface area (Å²) in [4.78, 5) is 21.2. The number of rotatable bonds is 2. The number of anilines is 1. The minimum Gasteiger partial charge on any atom is -0.353 e.